The second kappa shape index (κ2) is 4.74. The summed E-state index contributed by atoms with van der Waals surface area (Å²) in [5.41, 5.74) is 0. The molecule has 0 radical (unpaired) electrons. The normalized spacial score (nSPS) is 21.9. The average molecular weight is 199 g/mol. The van der Waals surface area contributed by atoms with Crippen LogP contribution in [0.1, 0.15) is 13.3 Å². The van der Waals surface area contributed by atoms with E-state index in [0.717, 1.165) is 0 Å². The van der Waals surface area contributed by atoms with E-state index in [1.54, 1.807) is 6.92 Å². The molecule has 0 bridgehead atoms. The number of piperidine rings is 1. The molecule has 1 rings (SSSR count). The number of hydrogen-bond donors (Lipinski definition) is 0. The van der Waals surface area contributed by atoms with Crippen LogP contribution in [0.3, 0.4) is 0 Å². The number of carbonyl (C=O) groups excluding carboxylic acids is 3. The van der Waals surface area contributed by atoms with E-state index < -0.39 is 12.0 Å². The minimum absolute atomic E-state index is 0.0967. The van der Waals surface area contributed by atoms with Gasteiger partial charge >= 0.3 is 6.09 Å². The molecule has 1 unspecified atom stereocenters. The lowest BCUT2D eigenvalue weighted by molar-refractivity contribution is -0.130. The van der Waals surface area contributed by atoms with Crippen LogP contribution in [0.15, 0.2) is 0 Å². The topological polar surface area (TPSA) is 63.7 Å². The van der Waals surface area contributed by atoms with Crippen molar-refractivity contribution in [2.75, 3.05) is 19.7 Å². The molecule has 1 aliphatic rings. The Balaban J connectivity index is 2.53. The zero-order valence-electron chi connectivity index (χ0n) is 8.06. The van der Waals surface area contributed by atoms with Crippen molar-refractivity contribution in [1.82, 2.24) is 4.90 Å². The van der Waals surface area contributed by atoms with Gasteiger partial charge in [0, 0.05) is 19.5 Å². The van der Waals surface area contributed by atoms with E-state index in [2.05, 4.69) is 0 Å². The fourth-order valence-corrected chi connectivity index (χ4v) is 1.36. The Bertz CT molecular complexity index is 251. The number of likely N-dealkylation sites (tertiary alicyclic amines) is 1. The largest absolute Gasteiger partial charge is 0.450 e. The third-order valence-corrected chi connectivity index (χ3v) is 2.15. The van der Waals surface area contributed by atoms with Gasteiger partial charge in [-0.05, 0) is 6.92 Å². The van der Waals surface area contributed by atoms with Crippen LogP contribution in [0, 0.1) is 5.92 Å². The van der Waals surface area contributed by atoms with Crippen LogP contribution in [0.4, 0.5) is 4.79 Å². The molecule has 78 valence electrons. The number of carbonyl (C=O) groups is 3. The molecule has 0 aromatic heterocycles. The number of ether oxygens (including phenoxy) is 1. The van der Waals surface area contributed by atoms with Crippen LogP contribution in [-0.2, 0) is 14.3 Å². The number of ketones is 1. The lowest BCUT2D eigenvalue weighted by Gasteiger charge is -2.28. The Kier molecular flexibility index (Phi) is 3.62. The molecule has 0 saturated carbocycles. The van der Waals surface area contributed by atoms with E-state index >= 15 is 0 Å². The van der Waals surface area contributed by atoms with Gasteiger partial charge in [-0.3, -0.25) is 4.79 Å². The van der Waals surface area contributed by atoms with Gasteiger partial charge in [0.05, 0.1) is 12.5 Å². The molecule has 1 saturated heterocycles. The molecule has 1 atom stereocenters. The van der Waals surface area contributed by atoms with Crippen molar-refractivity contribution in [3.8, 4) is 0 Å². The highest BCUT2D eigenvalue weighted by Gasteiger charge is 2.29. The van der Waals surface area contributed by atoms with Crippen LogP contribution >= 0.6 is 0 Å². The van der Waals surface area contributed by atoms with Crippen LogP contribution in [-0.4, -0.2) is 42.8 Å². The van der Waals surface area contributed by atoms with Gasteiger partial charge in [0.2, 0.25) is 0 Å². The summed E-state index contributed by atoms with van der Waals surface area (Å²) in [6.45, 7) is 2.52. The lowest BCUT2D eigenvalue weighted by Crippen LogP contribution is -2.44. The highest BCUT2D eigenvalue weighted by atomic mass is 16.6. The molecule has 1 heterocycles. The van der Waals surface area contributed by atoms with E-state index in [0.29, 0.717) is 19.4 Å². The van der Waals surface area contributed by atoms with Crippen molar-refractivity contribution in [3.63, 3.8) is 0 Å². The molecule has 0 spiro atoms. The molecular weight excluding hydrogens is 186 g/mol. The Morgan fingerprint density at radius 2 is 2.43 bits per heavy atom. The van der Waals surface area contributed by atoms with Gasteiger partial charge in [0.1, 0.15) is 12.1 Å². The first kappa shape index (κ1) is 10.7. The highest BCUT2D eigenvalue weighted by molar-refractivity contribution is 5.95. The minimum Gasteiger partial charge on any atom is -0.450 e. The summed E-state index contributed by atoms with van der Waals surface area (Å²) in [6.07, 6.45) is 0.377. The van der Waals surface area contributed by atoms with Gasteiger partial charge < -0.3 is 14.4 Å². The molecule has 0 aliphatic carbocycles. The van der Waals surface area contributed by atoms with E-state index in [9.17, 15) is 14.4 Å². The summed E-state index contributed by atoms with van der Waals surface area (Å²) in [4.78, 5) is 34.3. The summed E-state index contributed by atoms with van der Waals surface area (Å²) in [6, 6.07) is 0. The van der Waals surface area contributed by atoms with Gasteiger partial charge in [-0.15, -0.1) is 0 Å². The maximum Gasteiger partial charge on any atom is 0.409 e. The maximum atomic E-state index is 11.2. The van der Waals surface area contributed by atoms with Gasteiger partial charge in [0.25, 0.3) is 0 Å². The molecule has 0 aromatic rings. The first-order valence-electron chi connectivity index (χ1n) is 4.58. The predicted molar refractivity (Wildman–Crippen MR) is 47.8 cm³/mol. The lowest BCUT2D eigenvalue weighted by atomic mass is 9.98. The predicted octanol–water partition coefficient (Wildman–Crippen LogP) is 0.233. The van der Waals surface area contributed by atoms with Crippen LogP contribution < -0.4 is 0 Å². The van der Waals surface area contributed by atoms with Gasteiger partial charge in [-0.25, -0.2) is 4.79 Å². The summed E-state index contributed by atoms with van der Waals surface area (Å²) in [7, 11) is 0. The van der Waals surface area contributed by atoms with Crippen molar-refractivity contribution >= 4 is 18.2 Å². The molecule has 0 aromatic carbocycles. The minimum atomic E-state index is -0.673. The van der Waals surface area contributed by atoms with Crippen LogP contribution in [0.2, 0.25) is 0 Å². The molecule has 1 fully saturated rings. The van der Waals surface area contributed by atoms with E-state index in [-0.39, 0.29) is 18.7 Å². The first-order chi connectivity index (χ1) is 6.69. The Labute approximate surface area is 82.0 Å². The third kappa shape index (κ3) is 2.31. The van der Waals surface area contributed by atoms with Crippen molar-refractivity contribution in [3.05, 3.63) is 0 Å². The first-order valence-corrected chi connectivity index (χ1v) is 4.58. The van der Waals surface area contributed by atoms with E-state index in [1.807, 2.05) is 0 Å². The summed E-state index contributed by atoms with van der Waals surface area (Å²) < 4.78 is 4.77. The number of hydrogen-bond acceptors (Lipinski definition) is 4. The summed E-state index contributed by atoms with van der Waals surface area (Å²) >= 11 is 0. The number of aldehydes is 1. The average Bonchev–Trinajstić information content (AvgIpc) is 2.19. The monoisotopic (exact) mass is 199 g/mol. The van der Waals surface area contributed by atoms with Crippen LogP contribution in [0.5, 0.6) is 0 Å². The summed E-state index contributed by atoms with van der Waals surface area (Å²) in [5, 5.41) is 0. The van der Waals surface area contributed by atoms with E-state index in [4.69, 9.17) is 4.74 Å². The highest BCUT2D eigenvalue weighted by Crippen LogP contribution is 2.11. The second-order valence-electron chi connectivity index (χ2n) is 3.10. The molecule has 1 amide bonds. The molecule has 5 heteroatoms. The fourth-order valence-electron chi connectivity index (χ4n) is 1.36. The number of amides is 1. The fraction of sp³-hybridized carbons (Fsp3) is 0.667. The Morgan fingerprint density at radius 1 is 1.71 bits per heavy atom. The molecule has 14 heavy (non-hydrogen) atoms. The van der Waals surface area contributed by atoms with Gasteiger partial charge in [-0.1, -0.05) is 0 Å². The molecule has 0 N–H and O–H groups in total. The van der Waals surface area contributed by atoms with Crippen molar-refractivity contribution in [2.45, 2.75) is 13.3 Å². The third-order valence-electron chi connectivity index (χ3n) is 2.15. The van der Waals surface area contributed by atoms with Crippen molar-refractivity contribution in [1.29, 1.82) is 0 Å². The second-order valence-corrected chi connectivity index (χ2v) is 3.10. The molecule has 5 nitrogen and oxygen atoms in total. The van der Waals surface area contributed by atoms with Crippen LogP contribution in [0.25, 0.3) is 0 Å². The number of nitrogens with zero attached hydrogens (tertiary/aromatic N) is 1. The van der Waals surface area contributed by atoms with Gasteiger partial charge in [0.15, 0.2) is 0 Å². The smallest absolute Gasteiger partial charge is 0.409 e. The molecule has 1 aliphatic heterocycles. The Hall–Kier alpha value is -1.39. The maximum absolute atomic E-state index is 11.2. The van der Waals surface area contributed by atoms with Crippen molar-refractivity contribution < 1.29 is 19.1 Å². The number of rotatable bonds is 2. The number of Topliss-reactive ketones (excluding diaryl/α,β-unsaturated/α-hetero) is 1. The Morgan fingerprint density at radius 3 is 3.00 bits per heavy atom. The summed E-state index contributed by atoms with van der Waals surface area (Å²) in [5.74, 6) is -0.770. The standard InChI is InChI=1S/C9H13NO4/c1-2-14-9(13)10-4-3-8(12)7(5-10)6-11/h6-7H,2-5H2,1H3. The quantitative estimate of drug-likeness (QED) is 0.472. The van der Waals surface area contributed by atoms with Crippen molar-refractivity contribution in [2.24, 2.45) is 5.92 Å². The zero-order valence-corrected chi connectivity index (χ0v) is 8.06. The zero-order chi connectivity index (χ0) is 10.6. The SMILES string of the molecule is CCOC(=O)N1CCC(=O)C(C=O)C1. The molecular formula is C9H13NO4. The van der Waals surface area contributed by atoms with E-state index in [1.165, 1.54) is 4.90 Å². The van der Waals surface area contributed by atoms with Gasteiger partial charge in [-0.2, -0.15) is 0 Å².